The molecule has 2 aromatic carbocycles. The molecule has 3 fully saturated rings. The Kier molecular flexibility index (Phi) is 5.09. The van der Waals surface area contributed by atoms with E-state index in [2.05, 4.69) is 5.18 Å². The van der Waals surface area contributed by atoms with Gasteiger partial charge in [-0.05, 0) is 61.1 Å². The molecule has 6 nitrogen and oxygen atoms in total. The number of nitrogens with zero attached hydrogens (tertiary/aromatic N) is 1. The fourth-order valence-corrected chi connectivity index (χ4v) is 5.25. The zero-order chi connectivity index (χ0) is 21.8. The molecule has 5 rings (SSSR count). The van der Waals surface area contributed by atoms with Gasteiger partial charge in [0.2, 0.25) is 0 Å². The molecule has 1 saturated heterocycles. The SMILES string of the molecule is CCOc1ccc(Cc2cc([C@@H]3O[C@@]4(C[C@H]4N=O)[C@@H](O)C4(CC4)[C@H]3O)ccc2Cl)cc1. The predicted molar refractivity (Wildman–Crippen MR) is 116 cm³/mol. The van der Waals surface area contributed by atoms with Crippen molar-refractivity contribution in [1.29, 1.82) is 0 Å². The second-order valence-electron chi connectivity index (χ2n) is 9.00. The zero-order valence-corrected chi connectivity index (χ0v) is 18.1. The van der Waals surface area contributed by atoms with E-state index in [1.807, 2.05) is 49.4 Å². The van der Waals surface area contributed by atoms with Gasteiger partial charge < -0.3 is 19.7 Å². The van der Waals surface area contributed by atoms with Crippen LogP contribution in [0.15, 0.2) is 47.6 Å². The largest absolute Gasteiger partial charge is 0.494 e. The van der Waals surface area contributed by atoms with Gasteiger partial charge in [-0.2, -0.15) is 4.91 Å². The maximum atomic E-state index is 11.2. The zero-order valence-electron chi connectivity index (χ0n) is 17.3. The number of hydrogen-bond donors (Lipinski definition) is 2. The summed E-state index contributed by atoms with van der Waals surface area (Å²) < 4.78 is 11.7. The number of aliphatic hydroxyl groups is 2. The summed E-state index contributed by atoms with van der Waals surface area (Å²) in [6.07, 6.45) is 0.109. The van der Waals surface area contributed by atoms with E-state index in [0.29, 0.717) is 24.5 Å². The van der Waals surface area contributed by atoms with Crippen LogP contribution in [-0.2, 0) is 11.2 Å². The van der Waals surface area contributed by atoms with E-state index in [1.54, 1.807) is 0 Å². The van der Waals surface area contributed by atoms with Gasteiger partial charge in [-0.15, -0.1) is 0 Å². The van der Waals surface area contributed by atoms with Crippen molar-refractivity contribution in [2.75, 3.05) is 6.61 Å². The van der Waals surface area contributed by atoms with Crippen molar-refractivity contribution < 1.29 is 19.7 Å². The highest BCUT2D eigenvalue weighted by atomic mass is 35.5. The fraction of sp³-hybridized carbons (Fsp3) is 0.500. The molecule has 0 radical (unpaired) electrons. The van der Waals surface area contributed by atoms with Crippen LogP contribution in [0.1, 0.15) is 49.0 Å². The van der Waals surface area contributed by atoms with E-state index < -0.39 is 35.4 Å². The Balaban J connectivity index is 1.42. The van der Waals surface area contributed by atoms with E-state index >= 15 is 0 Å². The van der Waals surface area contributed by atoms with Gasteiger partial charge in [0.25, 0.3) is 0 Å². The molecule has 2 N–H and O–H groups in total. The lowest BCUT2D eigenvalue weighted by Gasteiger charge is -2.44. The summed E-state index contributed by atoms with van der Waals surface area (Å²) in [7, 11) is 0. The molecule has 0 amide bonds. The van der Waals surface area contributed by atoms with Crippen molar-refractivity contribution in [3.05, 3.63) is 69.1 Å². The van der Waals surface area contributed by atoms with Gasteiger partial charge >= 0.3 is 0 Å². The molecular formula is C24H26ClNO5. The first-order valence-corrected chi connectivity index (χ1v) is 11.2. The Morgan fingerprint density at radius 1 is 1.19 bits per heavy atom. The highest BCUT2D eigenvalue weighted by Gasteiger charge is 2.76. The van der Waals surface area contributed by atoms with Crippen LogP contribution in [0, 0.1) is 10.3 Å². The summed E-state index contributed by atoms with van der Waals surface area (Å²) in [6, 6.07) is 13.0. The van der Waals surface area contributed by atoms with E-state index in [9.17, 15) is 15.1 Å². The van der Waals surface area contributed by atoms with Crippen LogP contribution in [0.25, 0.3) is 0 Å². The summed E-state index contributed by atoms with van der Waals surface area (Å²) in [5, 5.41) is 25.7. The smallest absolute Gasteiger partial charge is 0.126 e. The van der Waals surface area contributed by atoms with Crippen molar-refractivity contribution in [3.63, 3.8) is 0 Å². The highest BCUT2D eigenvalue weighted by molar-refractivity contribution is 6.31. The summed E-state index contributed by atoms with van der Waals surface area (Å²) in [4.78, 5) is 11.2. The monoisotopic (exact) mass is 443 g/mol. The van der Waals surface area contributed by atoms with Crippen LogP contribution in [0.4, 0.5) is 0 Å². The topological polar surface area (TPSA) is 88.4 Å². The average Bonchev–Trinajstić information content (AvgIpc) is 3.69. The lowest BCUT2D eigenvalue weighted by molar-refractivity contribution is -0.227. The lowest BCUT2D eigenvalue weighted by atomic mass is 9.79. The molecule has 0 bridgehead atoms. The first kappa shape index (κ1) is 20.9. The van der Waals surface area contributed by atoms with Crippen LogP contribution in [0.5, 0.6) is 5.75 Å². The summed E-state index contributed by atoms with van der Waals surface area (Å²) in [5.74, 6) is 0.825. The van der Waals surface area contributed by atoms with Gasteiger partial charge in [-0.3, -0.25) is 0 Å². The molecule has 2 aromatic rings. The minimum absolute atomic E-state index is 0.398. The fourth-order valence-electron chi connectivity index (χ4n) is 5.07. The maximum Gasteiger partial charge on any atom is 0.126 e. The normalized spacial score (nSPS) is 32.8. The van der Waals surface area contributed by atoms with E-state index in [0.717, 1.165) is 35.3 Å². The molecule has 2 aliphatic carbocycles. The van der Waals surface area contributed by atoms with Crippen LogP contribution < -0.4 is 4.74 Å². The number of rotatable bonds is 6. The molecule has 164 valence electrons. The van der Waals surface area contributed by atoms with E-state index in [4.69, 9.17) is 21.1 Å². The van der Waals surface area contributed by atoms with E-state index in [1.165, 1.54) is 0 Å². The predicted octanol–water partition coefficient (Wildman–Crippen LogP) is 4.18. The Morgan fingerprint density at radius 2 is 1.94 bits per heavy atom. The third-order valence-corrected chi connectivity index (χ3v) is 7.50. The van der Waals surface area contributed by atoms with Crippen molar-refractivity contribution >= 4 is 11.6 Å². The molecule has 0 aromatic heterocycles. The minimum Gasteiger partial charge on any atom is -0.494 e. The average molecular weight is 444 g/mol. The number of nitroso groups, excluding NO2 is 1. The number of hydrogen-bond acceptors (Lipinski definition) is 6. The van der Waals surface area contributed by atoms with Gasteiger partial charge in [0.1, 0.15) is 23.5 Å². The van der Waals surface area contributed by atoms with Crippen LogP contribution >= 0.6 is 11.6 Å². The molecule has 1 heterocycles. The third kappa shape index (κ3) is 3.37. The van der Waals surface area contributed by atoms with Crippen LogP contribution in [-0.4, -0.2) is 40.7 Å². The first-order valence-electron chi connectivity index (χ1n) is 10.8. The van der Waals surface area contributed by atoms with Gasteiger partial charge in [0.15, 0.2) is 0 Å². The first-order chi connectivity index (χ1) is 14.9. The Labute approximate surface area is 186 Å². The molecule has 0 unspecified atom stereocenters. The molecule has 1 aliphatic heterocycles. The molecule has 5 atom stereocenters. The van der Waals surface area contributed by atoms with Gasteiger partial charge in [-0.1, -0.05) is 41.0 Å². The van der Waals surface area contributed by atoms with Crippen molar-refractivity contribution in [3.8, 4) is 5.75 Å². The minimum atomic E-state index is -0.975. The van der Waals surface area contributed by atoms with Crippen molar-refractivity contribution in [2.45, 2.75) is 62.6 Å². The number of aliphatic hydroxyl groups excluding tert-OH is 2. The Morgan fingerprint density at radius 3 is 2.55 bits per heavy atom. The standard InChI is InChI=1S/C24H26ClNO5/c1-2-30-17-6-3-14(4-7-17)11-16-12-15(5-8-18(16)25)20-21(27)23(9-10-23)22(28)24(31-20)13-19(24)26-29/h3-8,12,19-22,27-28H,2,9-11,13H2,1H3/t19-,20+,21+,22+,24-/m1/s1. The van der Waals surface area contributed by atoms with Crippen molar-refractivity contribution in [1.82, 2.24) is 0 Å². The molecule has 7 heteroatoms. The summed E-state index contributed by atoms with van der Waals surface area (Å²) in [5.41, 5.74) is 1.22. The molecule has 2 saturated carbocycles. The molecule has 3 aliphatic rings. The Bertz CT molecular complexity index is 992. The second kappa shape index (κ2) is 7.55. The van der Waals surface area contributed by atoms with Crippen LogP contribution in [0.2, 0.25) is 5.02 Å². The molecule has 31 heavy (non-hydrogen) atoms. The third-order valence-electron chi connectivity index (χ3n) is 7.13. The Hall–Kier alpha value is -1.99. The summed E-state index contributed by atoms with van der Waals surface area (Å²) in [6.45, 7) is 2.57. The maximum absolute atomic E-state index is 11.2. The number of benzene rings is 2. The van der Waals surface area contributed by atoms with Crippen LogP contribution in [0.3, 0.4) is 0 Å². The quantitative estimate of drug-likeness (QED) is 0.654. The highest BCUT2D eigenvalue weighted by Crippen LogP contribution is 2.67. The lowest BCUT2D eigenvalue weighted by Crippen LogP contribution is -2.55. The molecular weight excluding hydrogens is 418 g/mol. The number of halogens is 1. The molecule has 2 spiro atoms. The van der Waals surface area contributed by atoms with Gasteiger partial charge in [0, 0.05) is 16.9 Å². The van der Waals surface area contributed by atoms with Crippen molar-refractivity contribution in [2.24, 2.45) is 10.6 Å². The van der Waals surface area contributed by atoms with Gasteiger partial charge in [-0.25, -0.2) is 0 Å². The van der Waals surface area contributed by atoms with E-state index in [-0.39, 0.29) is 0 Å². The van der Waals surface area contributed by atoms with Gasteiger partial charge in [0.05, 0.1) is 18.8 Å². The number of ether oxygens (including phenoxy) is 2. The summed E-state index contributed by atoms with van der Waals surface area (Å²) >= 11 is 6.48. The second-order valence-corrected chi connectivity index (χ2v) is 9.41.